The van der Waals surface area contributed by atoms with Crippen molar-refractivity contribution in [2.45, 2.75) is 39.7 Å². The Morgan fingerprint density at radius 3 is 2.47 bits per heavy atom. The summed E-state index contributed by atoms with van der Waals surface area (Å²) in [5.74, 6) is 0.508. The minimum absolute atomic E-state index is 0.182. The highest BCUT2D eigenvalue weighted by molar-refractivity contribution is 5.96. The number of carbonyl (C=O) groups excluding carboxylic acids is 1. The van der Waals surface area contributed by atoms with Crippen molar-refractivity contribution in [1.82, 2.24) is 20.1 Å². The van der Waals surface area contributed by atoms with Crippen LogP contribution in [0.4, 0.5) is 10.2 Å². The first kappa shape index (κ1) is 20.1. The molecule has 3 aromatic rings. The van der Waals surface area contributed by atoms with E-state index < -0.39 is 0 Å². The molecule has 1 fully saturated rings. The van der Waals surface area contributed by atoms with Crippen molar-refractivity contribution < 1.29 is 9.18 Å². The SMILES string of the molecule is Cc1nn(-c2ccc(F)cc2)c(C)c1C(=O)NCc1ccc(N2CCCCC2)nc1. The molecule has 1 aromatic carbocycles. The van der Waals surface area contributed by atoms with E-state index in [4.69, 9.17) is 0 Å². The van der Waals surface area contributed by atoms with Crippen molar-refractivity contribution in [3.05, 3.63) is 70.9 Å². The largest absolute Gasteiger partial charge is 0.357 e. The van der Waals surface area contributed by atoms with Crippen molar-refractivity contribution >= 4 is 11.7 Å². The van der Waals surface area contributed by atoms with Crippen LogP contribution in [0.3, 0.4) is 0 Å². The number of benzene rings is 1. The molecule has 1 amide bonds. The van der Waals surface area contributed by atoms with Crippen molar-refractivity contribution in [1.29, 1.82) is 0 Å². The zero-order chi connectivity index (χ0) is 21.1. The lowest BCUT2D eigenvalue weighted by molar-refractivity contribution is 0.0949. The Labute approximate surface area is 175 Å². The maximum Gasteiger partial charge on any atom is 0.255 e. The molecule has 6 nitrogen and oxygen atoms in total. The first-order valence-electron chi connectivity index (χ1n) is 10.3. The highest BCUT2D eigenvalue weighted by atomic mass is 19.1. The van der Waals surface area contributed by atoms with E-state index in [0.717, 1.165) is 30.2 Å². The Kier molecular flexibility index (Phi) is 5.79. The fraction of sp³-hybridized carbons (Fsp3) is 0.348. The number of hydrogen-bond acceptors (Lipinski definition) is 4. The van der Waals surface area contributed by atoms with Crippen LogP contribution in [0.2, 0.25) is 0 Å². The van der Waals surface area contributed by atoms with E-state index in [2.05, 4.69) is 20.3 Å². The monoisotopic (exact) mass is 407 g/mol. The Hall–Kier alpha value is -3.22. The minimum Gasteiger partial charge on any atom is -0.357 e. The molecule has 1 aliphatic heterocycles. The van der Waals surface area contributed by atoms with Crippen LogP contribution in [0.5, 0.6) is 0 Å². The summed E-state index contributed by atoms with van der Waals surface area (Å²) in [6.07, 6.45) is 5.54. The van der Waals surface area contributed by atoms with Gasteiger partial charge in [-0.25, -0.2) is 14.1 Å². The van der Waals surface area contributed by atoms with Crippen molar-refractivity contribution in [2.75, 3.05) is 18.0 Å². The summed E-state index contributed by atoms with van der Waals surface area (Å²) >= 11 is 0. The van der Waals surface area contributed by atoms with Crippen LogP contribution in [0.15, 0.2) is 42.6 Å². The molecule has 30 heavy (non-hydrogen) atoms. The van der Waals surface area contributed by atoms with Crippen molar-refractivity contribution in [2.24, 2.45) is 0 Å². The number of anilines is 1. The van der Waals surface area contributed by atoms with Gasteiger partial charge in [-0.2, -0.15) is 5.10 Å². The lowest BCUT2D eigenvalue weighted by atomic mass is 10.1. The van der Waals surface area contributed by atoms with E-state index in [0.29, 0.717) is 23.5 Å². The normalized spacial score (nSPS) is 14.0. The average Bonchev–Trinajstić information content (AvgIpc) is 3.07. The number of carbonyl (C=O) groups is 1. The summed E-state index contributed by atoms with van der Waals surface area (Å²) < 4.78 is 14.9. The van der Waals surface area contributed by atoms with E-state index in [-0.39, 0.29) is 11.7 Å². The standard InChI is InChI=1S/C23H26FN5O/c1-16-22(17(2)29(27-16)20-9-7-19(24)8-10-20)23(30)26-15-18-6-11-21(25-14-18)28-12-4-3-5-13-28/h6-11,14H,3-5,12-13,15H2,1-2H3,(H,26,30). The number of piperidine rings is 1. The summed E-state index contributed by atoms with van der Waals surface area (Å²) in [4.78, 5) is 19.7. The molecule has 1 aliphatic rings. The molecule has 3 heterocycles. The lowest BCUT2D eigenvalue weighted by Crippen LogP contribution is -2.30. The van der Waals surface area contributed by atoms with Gasteiger partial charge in [0.05, 0.1) is 22.6 Å². The number of rotatable bonds is 5. The maximum absolute atomic E-state index is 13.2. The number of amides is 1. The van der Waals surface area contributed by atoms with E-state index in [1.54, 1.807) is 23.7 Å². The Balaban J connectivity index is 1.43. The second kappa shape index (κ2) is 8.65. The zero-order valence-corrected chi connectivity index (χ0v) is 17.4. The van der Waals surface area contributed by atoms with Gasteiger partial charge in [-0.15, -0.1) is 0 Å². The molecule has 4 rings (SSSR count). The third-order valence-corrected chi connectivity index (χ3v) is 5.53. The van der Waals surface area contributed by atoms with Crippen LogP contribution in [-0.2, 0) is 6.54 Å². The number of pyridine rings is 1. The molecular formula is C23H26FN5O. The topological polar surface area (TPSA) is 63.1 Å². The summed E-state index contributed by atoms with van der Waals surface area (Å²) in [5, 5.41) is 7.43. The van der Waals surface area contributed by atoms with Gasteiger partial charge in [-0.3, -0.25) is 4.79 Å². The summed E-state index contributed by atoms with van der Waals surface area (Å²) in [5.41, 5.74) is 3.55. The van der Waals surface area contributed by atoms with E-state index in [9.17, 15) is 9.18 Å². The molecule has 2 aromatic heterocycles. The second-order valence-electron chi connectivity index (χ2n) is 7.69. The number of nitrogens with zero attached hydrogens (tertiary/aromatic N) is 4. The quantitative estimate of drug-likeness (QED) is 0.696. The smallest absolute Gasteiger partial charge is 0.255 e. The predicted octanol–water partition coefficient (Wildman–Crippen LogP) is 3.94. The van der Waals surface area contributed by atoms with E-state index in [1.807, 2.05) is 25.3 Å². The number of aryl methyl sites for hydroxylation is 1. The van der Waals surface area contributed by atoms with Gasteiger partial charge >= 0.3 is 0 Å². The van der Waals surface area contributed by atoms with Crippen molar-refractivity contribution in [3.8, 4) is 5.69 Å². The summed E-state index contributed by atoms with van der Waals surface area (Å²) in [7, 11) is 0. The fourth-order valence-electron chi connectivity index (χ4n) is 3.91. The zero-order valence-electron chi connectivity index (χ0n) is 17.4. The first-order valence-corrected chi connectivity index (χ1v) is 10.3. The Morgan fingerprint density at radius 1 is 1.07 bits per heavy atom. The van der Waals surface area contributed by atoms with E-state index >= 15 is 0 Å². The van der Waals surface area contributed by atoms with Gasteiger partial charge in [0.15, 0.2) is 0 Å². The molecule has 1 N–H and O–H groups in total. The van der Waals surface area contributed by atoms with Crippen LogP contribution in [0.1, 0.15) is 46.6 Å². The summed E-state index contributed by atoms with van der Waals surface area (Å²) in [6.45, 7) is 6.15. The Morgan fingerprint density at radius 2 is 1.80 bits per heavy atom. The van der Waals surface area contributed by atoms with Gasteiger partial charge in [0.25, 0.3) is 5.91 Å². The van der Waals surface area contributed by atoms with Crippen LogP contribution < -0.4 is 10.2 Å². The highest BCUT2D eigenvalue weighted by Gasteiger charge is 2.19. The molecular weight excluding hydrogens is 381 g/mol. The maximum atomic E-state index is 13.2. The molecule has 0 aliphatic carbocycles. The Bertz CT molecular complexity index is 1020. The highest BCUT2D eigenvalue weighted by Crippen LogP contribution is 2.19. The number of nitrogens with one attached hydrogen (secondary N) is 1. The predicted molar refractivity (Wildman–Crippen MR) is 114 cm³/mol. The van der Waals surface area contributed by atoms with Gasteiger partial charge in [-0.05, 0) is 69.0 Å². The number of hydrogen-bond donors (Lipinski definition) is 1. The van der Waals surface area contributed by atoms with E-state index in [1.165, 1.54) is 31.4 Å². The molecule has 0 saturated carbocycles. The average molecular weight is 407 g/mol. The number of aromatic nitrogens is 3. The molecule has 0 radical (unpaired) electrons. The van der Waals surface area contributed by atoms with Crippen LogP contribution >= 0.6 is 0 Å². The van der Waals surface area contributed by atoms with Gasteiger partial charge in [-0.1, -0.05) is 6.07 Å². The van der Waals surface area contributed by atoms with Crippen LogP contribution in [-0.4, -0.2) is 33.8 Å². The summed E-state index contributed by atoms with van der Waals surface area (Å²) in [6, 6.07) is 10.1. The molecule has 0 unspecified atom stereocenters. The second-order valence-corrected chi connectivity index (χ2v) is 7.69. The third-order valence-electron chi connectivity index (χ3n) is 5.53. The molecule has 7 heteroatoms. The fourth-order valence-corrected chi connectivity index (χ4v) is 3.91. The van der Waals surface area contributed by atoms with Gasteiger partial charge in [0.1, 0.15) is 11.6 Å². The molecule has 0 spiro atoms. The lowest BCUT2D eigenvalue weighted by Gasteiger charge is -2.27. The minimum atomic E-state index is -0.307. The van der Waals surface area contributed by atoms with Crippen LogP contribution in [0.25, 0.3) is 5.69 Å². The molecule has 0 atom stereocenters. The van der Waals surface area contributed by atoms with Crippen LogP contribution in [0, 0.1) is 19.7 Å². The third kappa shape index (κ3) is 4.20. The van der Waals surface area contributed by atoms with Gasteiger partial charge in [0, 0.05) is 25.8 Å². The van der Waals surface area contributed by atoms with Crippen molar-refractivity contribution in [3.63, 3.8) is 0 Å². The molecule has 1 saturated heterocycles. The van der Waals surface area contributed by atoms with Gasteiger partial charge in [0.2, 0.25) is 0 Å². The molecule has 156 valence electrons. The van der Waals surface area contributed by atoms with Gasteiger partial charge < -0.3 is 10.2 Å². The first-order chi connectivity index (χ1) is 14.5. The molecule has 0 bridgehead atoms. The number of halogens is 1.